The van der Waals surface area contributed by atoms with Crippen LogP contribution in [0.4, 0.5) is 0 Å². The van der Waals surface area contributed by atoms with Crippen LogP contribution in [0.3, 0.4) is 0 Å². The van der Waals surface area contributed by atoms with Gasteiger partial charge in [-0.3, -0.25) is 0 Å². The van der Waals surface area contributed by atoms with Crippen molar-refractivity contribution < 1.29 is 0 Å². The maximum absolute atomic E-state index is 5.97. The van der Waals surface area contributed by atoms with Gasteiger partial charge in [-0.15, -0.1) is 0 Å². The van der Waals surface area contributed by atoms with Gasteiger partial charge in [-0.05, 0) is 45.7 Å². The first-order valence-electron chi connectivity index (χ1n) is 5.25. The minimum atomic E-state index is 0.303. The number of piperidine rings is 1. The summed E-state index contributed by atoms with van der Waals surface area (Å²) in [6.07, 6.45) is 2.50. The molecule has 0 aliphatic carbocycles. The van der Waals surface area contributed by atoms with E-state index < -0.39 is 0 Å². The van der Waals surface area contributed by atoms with E-state index in [9.17, 15) is 0 Å². The van der Waals surface area contributed by atoms with Crippen LogP contribution in [0.15, 0.2) is 0 Å². The molecule has 2 nitrogen and oxygen atoms in total. The van der Waals surface area contributed by atoms with Crippen molar-refractivity contribution in [2.75, 3.05) is 18.8 Å². The molecule has 3 heteroatoms. The third-order valence-electron chi connectivity index (χ3n) is 3.12. The number of thiol groups is 1. The van der Waals surface area contributed by atoms with E-state index >= 15 is 0 Å². The Morgan fingerprint density at radius 1 is 1.38 bits per heavy atom. The number of hydrogen-bond acceptors (Lipinski definition) is 3. The second-order valence-electron chi connectivity index (χ2n) is 4.31. The van der Waals surface area contributed by atoms with Crippen molar-refractivity contribution in [3.05, 3.63) is 0 Å². The quantitative estimate of drug-likeness (QED) is 0.677. The van der Waals surface area contributed by atoms with Crippen LogP contribution in [0.5, 0.6) is 0 Å². The molecule has 1 heterocycles. The van der Waals surface area contributed by atoms with Gasteiger partial charge in [0, 0.05) is 17.8 Å². The molecule has 1 aliphatic rings. The molecule has 0 bridgehead atoms. The van der Waals surface area contributed by atoms with E-state index in [0.717, 1.165) is 5.75 Å². The van der Waals surface area contributed by atoms with Gasteiger partial charge in [-0.1, -0.05) is 0 Å². The molecule has 2 N–H and O–H groups in total. The highest BCUT2D eigenvalue weighted by atomic mass is 32.1. The van der Waals surface area contributed by atoms with E-state index in [-0.39, 0.29) is 0 Å². The summed E-state index contributed by atoms with van der Waals surface area (Å²) in [7, 11) is 0. The first kappa shape index (κ1) is 11.3. The lowest BCUT2D eigenvalue weighted by Crippen LogP contribution is -2.44. The predicted octanol–water partition coefficient (Wildman–Crippen LogP) is 1.36. The van der Waals surface area contributed by atoms with Crippen LogP contribution in [0.25, 0.3) is 0 Å². The molecular formula is C10H22N2S. The van der Waals surface area contributed by atoms with E-state index in [1.54, 1.807) is 0 Å². The second-order valence-corrected chi connectivity index (χ2v) is 4.68. The number of rotatable bonds is 3. The van der Waals surface area contributed by atoms with Crippen LogP contribution < -0.4 is 5.73 Å². The van der Waals surface area contributed by atoms with Crippen molar-refractivity contribution in [1.82, 2.24) is 4.90 Å². The van der Waals surface area contributed by atoms with E-state index in [4.69, 9.17) is 5.73 Å². The Labute approximate surface area is 87.3 Å². The largest absolute Gasteiger partial charge is 0.327 e. The zero-order valence-corrected chi connectivity index (χ0v) is 9.63. The van der Waals surface area contributed by atoms with Crippen LogP contribution in [-0.4, -0.2) is 35.8 Å². The van der Waals surface area contributed by atoms with Gasteiger partial charge in [0.15, 0.2) is 0 Å². The molecular weight excluding hydrogens is 180 g/mol. The summed E-state index contributed by atoms with van der Waals surface area (Å²) in [5, 5.41) is 0. The van der Waals surface area contributed by atoms with Gasteiger partial charge < -0.3 is 10.6 Å². The maximum Gasteiger partial charge on any atom is 0.0157 e. The molecule has 1 fully saturated rings. The van der Waals surface area contributed by atoms with E-state index in [2.05, 4.69) is 31.4 Å². The molecule has 1 rings (SSSR count). The fraction of sp³-hybridized carbons (Fsp3) is 1.00. The van der Waals surface area contributed by atoms with Crippen molar-refractivity contribution in [3.63, 3.8) is 0 Å². The van der Waals surface area contributed by atoms with E-state index in [1.165, 1.54) is 25.9 Å². The van der Waals surface area contributed by atoms with Gasteiger partial charge in [0.05, 0.1) is 0 Å². The molecule has 0 amide bonds. The summed E-state index contributed by atoms with van der Waals surface area (Å²) in [4.78, 5) is 2.53. The molecule has 1 aliphatic heterocycles. The van der Waals surface area contributed by atoms with Crippen molar-refractivity contribution in [2.45, 2.75) is 38.8 Å². The molecule has 78 valence electrons. The first-order chi connectivity index (χ1) is 6.15. The van der Waals surface area contributed by atoms with Gasteiger partial charge in [0.1, 0.15) is 0 Å². The van der Waals surface area contributed by atoms with Gasteiger partial charge in [0.25, 0.3) is 0 Å². The van der Waals surface area contributed by atoms with Crippen LogP contribution in [0, 0.1) is 5.92 Å². The fourth-order valence-electron chi connectivity index (χ4n) is 2.01. The third kappa shape index (κ3) is 3.15. The highest BCUT2D eigenvalue weighted by molar-refractivity contribution is 7.80. The summed E-state index contributed by atoms with van der Waals surface area (Å²) >= 11 is 4.25. The maximum atomic E-state index is 5.97. The highest BCUT2D eigenvalue weighted by Crippen LogP contribution is 2.21. The minimum absolute atomic E-state index is 0.303. The van der Waals surface area contributed by atoms with E-state index in [0.29, 0.717) is 18.0 Å². The number of nitrogens with zero attached hydrogens (tertiary/aromatic N) is 1. The standard InChI is InChI=1S/C10H22N2S/c1-8(2)12-5-3-9(4-6-12)10(11)7-13/h8-10,13H,3-7,11H2,1-2H3. The zero-order chi connectivity index (χ0) is 9.84. The average molecular weight is 202 g/mol. The number of hydrogen-bond donors (Lipinski definition) is 2. The molecule has 0 aromatic heterocycles. The molecule has 13 heavy (non-hydrogen) atoms. The van der Waals surface area contributed by atoms with Gasteiger partial charge in [0.2, 0.25) is 0 Å². The predicted molar refractivity (Wildman–Crippen MR) is 61.3 cm³/mol. The number of likely N-dealkylation sites (tertiary alicyclic amines) is 1. The Balaban J connectivity index is 2.30. The molecule has 0 aromatic rings. The number of nitrogens with two attached hydrogens (primary N) is 1. The average Bonchev–Trinajstić information content (AvgIpc) is 2.17. The zero-order valence-electron chi connectivity index (χ0n) is 8.74. The van der Waals surface area contributed by atoms with Crippen LogP contribution in [0.2, 0.25) is 0 Å². The van der Waals surface area contributed by atoms with Gasteiger partial charge in [-0.25, -0.2) is 0 Å². The Morgan fingerprint density at radius 2 is 1.92 bits per heavy atom. The van der Waals surface area contributed by atoms with Crippen LogP contribution in [0.1, 0.15) is 26.7 Å². The summed E-state index contributed by atoms with van der Waals surface area (Å²) in [6.45, 7) is 6.95. The lowest BCUT2D eigenvalue weighted by atomic mass is 9.90. The summed E-state index contributed by atoms with van der Waals surface area (Å²) < 4.78 is 0. The van der Waals surface area contributed by atoms with E-state index in [1.807, 2.05) is 0 Å². The van der Waals surface area contributed by atoms with Crippen molar-refractivity contribution in [2.24, 2.45) is 11.7 Å². The van der Waals surface area contributed by atoms with Crippen molar-refractivity contribution in [3.8, 4) is 0 Å². The minimum Gasteiger partial charge on any atom is -0.327 e. The monoisotopic (exact) mass is 202 g/mol. The highest BCUT2D eigenvalue weighted by Gasteiger charge is 2.24. The summed E-state index contributed by atoms with van der Waals surface area (Å²) in [5.74, 6) is 1.53. The van der Waals surface area contributed by atoms with Crippen molar-refractivity contribution in [1.29, 1.82) is 0 Å². The lowest BCUT2D eigenvalue weighted by Gasteiger charge is -2.36. The molecule has 0 aromatic carbocycles. The Morgan fingerprint density at radius 3 is 2.31 bits per heavy atom. The lowest BCUT2D eigenvalue weighted by molar-refractivity contribution is 0.141. The fourth-order valence-corrected chi connectivity index (χ4v) is 2.31. The topological polar surface area (TPSA) is 29.3 Å². The molecule has 0 spiro atoms. The Hall–Kier alpha value is 0.270. The summed E-state index contributed by atoms with van der Waals surface area (Å²) in [5.41, 5.74) is 5.97. The van der Waals surface area contributed by atoms with Gasteiger partial charge >= 0.3 is 0 Å². The molecule has 1 saturated heterocycles. The molecule has 1 atom stereocenters. The Bertz CT molecular complexity index is 142. The van der Waals surface area contributed by atoms with Crippen molar-refractivity contribution >= 4 is 12.6 Å². The molecule has 1 unspecified atom stereocenters. The van der Waals surface area contributed by atoms with Gasteiger partial charge in [-0.2, -0.15) is 12.6 Å². The first-order valence-corrected chi connectivity index (χ1v) is 5.89. The smallest absolute Gasteiger partial charge is 0.0157 e. The summed E-state index contributed by atoms with van der Waals surface area (Å²) in [6, 6.07) is 0.992. The normalized spacial score (nSPS) is 23.8. The Kier molecular flexibility index (Phi) is 4.56. The van der Waals surface area contributed by atoms with Crippen LogP contribution >= 0.6 is 12.6 Å². The van der Waals surface area contributed by atoms with Crippen LogP contribution in [-0.2, 0) is 0 Å². The molecule has 0 saturated carbocycles. The SMILES string of the molecule is CC(C)N1CCC(C(N)CS)CC1. The molecule has 0 radical (unpaired) electrons. The second kappa shape index (κ2) is 5.23. The third-order valence-corrected chi connectivity index (χ3v) is 3.54.